The number of halogens is 2. The number of hydrogen-bond donors (Lipinski definition) is 2. The summed E-state index contributed by atoms with van der Waals surface area (Å²) in [6.45, 7) is 0.0461. The van der Waals surface area contributed by atoms with Crippen LogP contribution in [0.4, 0.5) is 4.39 Å². The number of sulfonamides is 1. The lowest BCUT2D eigenvalue weighted by Gasteiger charge is -2.07. The van der Waals surface area contributed by atoms with E-state index in [1.54, 1.807) is 0 Å². The first-order valence-corrected chi connectivity index (χ1v) is 6.83. The molecule has 17 heavy (non-hydrogen) atoms. The molecule has 0 aliphatic carbocycles. The van der Waals surface area contributed by atoms with Crippen LogP contribution in [-0.2, 0) is 10.0 Å². The highest BCUT2D eigenvalue weighted by Crippen LogP contribution is 2.21. The number of rotatable bonds is 5. The molecule has 0 heterocycles. The van der Waals surface area contributed by atoms with Crippen molar-refractivity contribution >= 4 is 38.8 Å². The molecule has 1 aromatic rings. The standard InChI is InChI=1S/C9H10ClFN2O2S2/c10-7-2-1-6(11)5-8(7)17(14,15)13-4-3-9(12)16/h1-2,5,13H,3-4H2,(H2,12,16). The summed E-state index contributed by atoms with van der Waals surface area (Å²) in [5.41, 5.74) is 5.23. The van der Waals surface area contributed by atoms with E-state index in [1.807, 2.05) is 0 Å². The quantitative estimate of drug-likeness (QED) is 0.807. The minimum atomic E-state index is -3.85. The van der Waals surface area contributed by atoms with E-state index in [2.05, 4.69) is 16.9 Å². The molecule has 8 heteroatoms. The maximum absolute atomic E-state index is 12.9. The Morgan fingerprint density at radius 1 is 1.53 bits per heavy atom. The Labute approximate surface area is 109 Å². The molecule has 0 spiro atoms. The topological polar surface area (TPSA) is 72.2 Å². The van der Waals surface area contributed by atoms with Gasteiger partial charge >= 0.3 is 0 Å². The van der Waals surface area contributed by atoms with Gasteiger partial charge in [0.15, 0.2) is 0 Å². The van der Waals surface area contributed by atoms with Crippen molar-refractivity contribution in [2.45, 2.75) is 11.3 Å². The van der Waals surface area contributed by atoms with Crippen LogP contribution in [0.2, 0.25) is 5.02 Å². The predicted molar refractivity (Wildman–Crippen MR) is 68.0 cm³/mol. The largest absolute Gasteiger partial charge is 0.393 e. The number of hydrogen-bond acceptors (Lipinski definition) is 3. The molecule has 0 atom stereocenters. The SMILES string of the molecule is NC(=S)CCNS(=O)(=O)c1cc(F)ccc1Cl. The molecule has 0 aromatic heterocycles. The van der Waals surface area contributed by atoms with Gasteiger partial charge in [-0.1, -0.05) is 23.8 Å². The molecule has 4 nitrogen and oxygen atoms in total. The van der Waals surface area contributed by atoms with E-state index in [4.69, 9.17) is 17.3 Å². The molecule has 0 radical (unpaired) electrons. The predicted octanol–water partition coefficient (Wildman–Crippen LogP) is 1.43. The third-order valence-corrected chi connectivity index (χ3v) is 3.99. The van der Waals surface area contributed by atoms with Gasteiger partial charge in [0.1, 0.15) is 10.7 Å². The van der Waals surface area contributed by atoms with Crippen molar-refractivity contribution in [1.29, 1.82) is 0 Å². The summed E-state index contributed by atoms with van der Waals surface area (Å²) in [6, 6.07) is 3.11. The molecule has 0 aliphatic rings. The fourth-order valence-corrected chi connectivity index (χ4v) is 2.71. The molecule has 0 fully saturated rings. The van der Waals surface area contributed by atoms with Crippen LogP contribution in [0, 0.1) is 5.82 Å². The van der Waals surface area contributed by atoms with Gasteiger partial charge in [-0.2, -0.15) is 0 Å². The Balaban J connectivity index is 2.89. The summed E-state index contributed by atoms with van der Waals surface area (Å²) in [6.07, 6.45) is 0.224. The fraction of sp³-hybridized carbons (Fsp3) is 0.222. The zero-order valence-corrected chi connectivity index (χ0v) is 11.0. The smallest absolute Gasteiger partial charge is 0.242 e. The van der Waals surface area contributed by atoms with Gasteiger partial charge in [-0.3, -0.25) is 0 Å². The molecule has 94 valence electrons. The average molecular weight is 297 g/mol. The monoisotopic (exact) mass is 296 g/mol. The number of benzene rings is 1. The maximum atomic E-state index is 12.9. The molecule has 0 bridgehead atoms. The average Bonchev–Trinajstić information content (AvgIpc) is 2.20. The lowest BCUT2D eigenvalue weighted by molar-refractivity contribution is 0.579. The van der Waals surface area contributed by atoms with Crippen molar-refractivity contribution in [2.24, 2.45) is 5.73 Å². The summed E-state index contributed by atoms with van der Waals surface area (Å²) < 4.78 is 38.6. The summed E-state index contributed by atoms with van der Waals surface area (Å²) >= 11 is 10.3. The van der Waals surface area contributed by atoms with E-state index in [-0.39, 0.29) is 27.9 Å². The lowest BCUT2D eigenvalue weighted by atomic mass is 10.3. The van der Waals surface area contributed by atoms with E-state index < -0.39 is 15.8 Å². The third kappa shape index (κ3) is 4.19. The molecule has 1 rings (SSSR count). The highest BCUT2D eigenvalue weighted by atomic mass is 35.5. The Morgan fingerprint density at radius 3 is 2.76 bits per heavy atom. The van der Waals surface area contributed by atoms with Crippen molar-refractivity contribution in [1.82, 2.24) is 4.72 Å². The van der Waals surface area contributed by atoms with Crippen molar-refractivity contribution < 1.29 is 12.8 Å². The third-order valence-electron chi connectivity index (χ3n) is 1.85. The molecule has 0 saturated heterocycles. The number of nitrogens with one attached hydrogen (secondary N) is 1. The van der Waals surface area contributed by atoms with E-state index in [0.717, 1.165) is 12.1 Å². The number of thiocarbonyl (C=S) groups is 1. The van der Waals surface area contributed by atoms with Gasteiger partial charge in [-0.25, -0.2) is 17.5 Å². The molecule has 3 N–H and O–H groups in total. The molecule has 0 unspecified atom stereocenters. The first-order valence-electron chi connectivity index (χ1n) is 4.56. The Morgan fingerprint density at radius 2 is 2.18 bits per heavy atom. The van der Waals surface area contributed by atoms with Crippen molar-refractivity contribution in [3.05, 3.63) is 29.0 Å². The van der Waals surface area contributed by atoms with Crippen LogP contribution in [0.3, 0.4) is 0 Å². The first kappa shape index (κ1) is 14.3. The highest BCUT2D eigenvalue weighted by Gasteiger charge is 2.18. The second-order valence-corrected chi connectivity index (χ2v) is 5.86. The van der Waals surface area contributed by atoms with E-state index in [0.29, 0.717) is 0 Å². The second-order valence-electron chi connectivity index (χ2n) is 3.19. The summed E-state index contributed by atoms with van der Waals surface area (Å²) in [5.74, 6) is -0.677. The summed E-state index contributed by atoms with van der Waals surface area (Å²) in [5, 5.41) is -0.0470. The van der Waals surface area contributed by atoms with Crippen molar-refractivity contribution in [3.63, 3.8) is 0 Å². The number of nitrogens with two attached hydrogens (primary N) is 1. The minimum absolute atomic E-state index is 0.0461. The maximum Gasteiger partial charge on any atom is 0.242 e. The van der Waals surface area contributed by atoms with Crippen LogP contribution in [0.1, 0.15) is 6.42 Å². The van der Waals surface area contributed by atoms with Crippen LogP contribution in [0.25, 0.3) is 0 Å². The van der Waals surface area contributed by atoms with Gasteiger partial charge in [-0.05, 0) is 18.2 Å². The van der Waals surface area contributed by atoms with Crippen LogP contribution < -0.4 is 10.5 Å². The van der Waals surface area contributed by atoms with Gasteiger partial charge in [0.2, 0.25) is 10.0 Å². The van der Waals surface area contributed by atoms with Gasteiger partial charge in [0.25, 0.3) is 0 Å². The summed E-state index contributed by atoms with van der Waals surface area (Å²) in [7, 11) is -3.85. The molecule has 0 saturated carbocycles. The van der Waals surface area contributed by atoms with Crippen LogP contribution in [-0.4, -0.2) is 20.0 Å². The van der Waals surface area contributed by atoms with Gasteiger partial charge in [0, 0.05) is 13.0 Å². The van der Waals surface area contributed by atoms with E-state index in [1.165, 1.54) is 6.07 Å². The minimum Gasteiger partial charge on any atom is -0.393 e. The van der Waals surface area contributed by atoms with Gasteiger partial charge in [0.05, 0.1) is 10.0 Å². The Hall–Kier alpha value is -0.760. The van der Waals surface area contributed by atoms with Gasteiger partial charge < -0.3 is 5.73 Å². The molecule has 1 aromatic carbocycles. The van der Waals surface area contributed by atoms with Crippen molar-refractivity contribution in [3.8, 4) is 0 Å². The molecular weight excluding hydrogens is 287 g/mol. The second kappa shape index (κ2) is 5.72. The van der Waals surface area contributed by atoms with E-state index >= 15 is 0 Å². The first-order chi connectivity index (χ1) is 7.83. The zero-order valence-electron chi connectivity index (χ0n) is 8.61. The van der Waals surface area contributed by atoms with Gasteiger partial charge in [-0.15, -0.1) is 0 Å². The normalized spacial score (nSPS) is 11.4. The van der Waals surface area contributed by atoms with Crippen LogP contribution in [0.5, 0.6) is 0 Å². The Kier molecular flexibility index (Phi) is 4.81. The lowest BCUT2D eigenvalue weighted by Crippen LogP contribution is -2.27. The molecular formula is C9H10ClFN2O2S2. The molecule has 0 amide bonds. The Bertz CT molecular complexity index is 534. The fourth-order valence-electron chi connectivity index (χ4n) is 1.07. The van der Waals surface area contributed by atoms with Crippen LogP contribution in [0.15, 0.2) is 23.1 Å². The van der Waals surface area contributed by atoms with Crippen LogP contribution >= 0.6 is 23.8 Å². The van der Waals surface area contributed by atoms with Crippen molar-refractivity contribution in [2.75, 3.05) is 6.54 Å². The zero-order chi connectivity index (χ0) is 13.1. The molecule has 0 aliphatic heterocycles. The summed E-state index contributed by atoms with van der Waals surface area (Å²) in [4.78, 5) is -0.111. The van der Waals surface area contributed by atoms with E-state index in [9.17, 15) is 12.8 Å². The highest BCUT2D eigenvalue weighted by molar-refractivity contribution is 7.89.